The van der Waals surface area contributed by atoms with E-state index in [1.807, 2.05) is 0 Å². The Balaban J connectivity index is 1.43. The van der Waals surface area contributed by atoms with Gasteiger partial charge in [-0.25, -0.2) is 0 Å². The Hall–Kier alpha value is -2.93. The fourth-order valence-electron chi connectivity index (χ4n) is 5.39. The highest BCUT2D eigenvalue weighted by molar-refractivity contribution is 5.87. The molecule has 35 heavy (non-hydrogen) atoms. The molecule has 0 bridgehead atoms. The van der Waals surface area contributed by atoms with Crippen LogP contribution in [0.3, 0.4) is 0 Å². The van der Waals surface area contributed by atoms with Crippen LogP contribution >= 0.6 is 0 Å². The van der Waals surface area contributed by atoms with E-state index in [2.05, 4.69) is 114 Å². The SMILES string of the molecule is CC(C)(C)c1ccc2c(c1)CCCC(c1cccc(-c3ccc4cc(C(C)(C)C)ccc4c3)n1)C2. The van der Waals surface area contributed by atoms with Gasteiger partial charge in [0.05, 0.1) is 5.69 Å². The minimum absolute atomic E-state index is 0.161. The second kappa shape index (κ2) is 8.94. The summed E-state index contributed by atoms with van der Waals surface area (Å²) in [6.07, 6.45) is 4.69. The highest BCUT2D eigenvalue weighted by Crippen LogP contribution is 2.35. The molecule has 1 heterocycles. The van der Waals surface area contributed by atoms with Crippen LogP contribution < -0.4 is 0 Å². The van der Waals surface area contributed by atoms with Gasteiger partial charge in [0.25, 0.3) is 0 Å². The molecule has 0 saturated carbocycles. The topological polar surface area (TPSA) is 12.9 Å². The number of hydrogen-bond acceptors (Lipinski definition) is 1. The summed E-state index contributed by atoms with van der Waals surface area (Å²) in [5.74, 6) is 0.478. The Labute approximate surface area is 211 Å². The number of pyridine rings is 1. The molecule has 1 aromatic heterocycles. The molecular formula is C34H39N. The standard InChI is InChI=1S/C34H39N/c1-33(2,3)29-17-15-24-19-27(10-7-9-23(24)21-29)31-11-8-12-32(35-31)28-14-13-26-22-30(34(4,5)6)18-16-25(26)20-28/h8,11-18,20-22,27H,7,9-10,19H2,1-6H3. The van der Waals surface area contributed by atoms with Crippen LogP contribution in [0, 0.1) is 0 Å². The second-order valence-corrected chi connectivity index (χ2v) is 12.5. The minimum Gasteiger partial charge on any atom is -0.253 e. The summed E-state index contributed by atoms with van der Waals surface area (Å²) in [6, 6.07) is 27.4. The molecule has 0 fully saturated rings. The third-order valence-electron chi connectivity index (χ3n) is 7.73. The molecule has 0 aliphatic heterocycles. The van der Waals surface area contributed by atoms with Crippen LogP contribution in [0.2, 0.25) is 0 Å². The van der Waals surface area contributed by atoms with Gasteiger partial charge in [-0.3, -0.25) is 4.98 Å². The largest absolute Gasteiger partial charge is 0.253 e. The molecule has 1 atom stereocenters. The summed E-state index contributed by atoms with van der Waals surface area (Å²) in [7, 11) is 0. The molecule has 180 valence electrons. The number of nitrogens with zero attached hydrogens (tertiary/aromatic N) is 1. The quantitative estimate of drug-likeness (QED) is 0.271. The van der Waals surface area contributed by atoms with Crippen molar-refractivity contribution in [3.8, 4) is 11.3 Å². The molecule has 1 aliphatic carbocycles. The van der Waals surface area contributed by atoms with E-state index in [4.69, 9.17) is 4.98 Å². The zero-order valence-electron chi connectivity index (χ0n) is 22.3. The van der Waals surface area contributed by atoms with Gasteiger partial charge in [-0.2, -0.15) is 0 Å². The third kappa shape index (κ3) is 5.06. The van der Waals surface area contributed by atoms with Gasteiger partial charge in [0.1, 0.15) is 0 Å². The van der Waals surface area contributed by atoms with Crippen molar-refractivity contribution in [1.29, 1.82) is 0 Å². The molecule has 1 unspecified atom stereocenters. The Morgan fingerprint density at radius 2 is 1.37 bits per heavy atom. The van der Waals surface area contributed by atoms with E-state index < -0.39 is 0 Å². The molecule has 1 heteroatoms. The van der Waals surface area contributed by atoms with Gasteiger partial charge in [-0.15, -0.1) is 0 Å². The average molecular weight is 462 g/mol. The van der Waals surface area contributed by atoms with Crippen LogP contribution in [0.5, 0.6) is 0 Å². The molecule has 4 aromatic rings. The predicted octanol–water partition coefficient (Wildman–Crippen LogP) is 9.16. The number of rotatable bonds is 2. The first-order valence-electron chi connectivity index (χ1n) is 13.2. The van der Waals surface area contributed by atoms with Crippen LogP contribution in [0.1, 0.15) is 88.2 Å². The number of fused-ring (bicyclic) bond motifs is 2. The lowest BCUT2D eigenvalue weighted by atomic mass is 9.84. The first-order chi connectivity index (χ1) is 16.6. The average Bonchev–Trinajstić information content (AvgIpc) is 3.04. The Morgan fingerprint density at radius 3 is 2.14 bits per heavy atom. The molecular weight excluding hydrogens is 422 g/mol. The van der Waals surface area contributed by atoms with Crippen LogP contribution in [-0.2, 0) is 23.7 Å². The van der Waals surface area contributed by atoms with E-state index in [9.17, 15) is 0 Å². The van der Waals surface area contributed by atoms with Crippen LogP contribution in [0.15, 0.2) is 72.8 Å². The van der Waals surface area contributed by atoms with Gasteiger partial charge >= 0.3 is 0 Å². The maximum atomic E-state index is 5.20. The lowest BCUT2D eigenvalue weighted by molar-refractivity contribution is 0.589. The molecule has 1 nitrogen and oxygen atoms in total. The van der Waals surface area contributed by atoms with Crippen molar-refractivity contribution >= 4 is 10.8 Å². The Kier molecular flexibility index (Phi) is 6.08. The summed E-state index contributed by atoms with van der Waals surface area (Å²) >= 11 is 0. The Bertz CT molecular complexity index is 1360. The molecule has 0 N–H and O–H groups in total. The highest BCUT2D eigenvalue weighted by Gasteiger charge is 2.22. The number of aryl methyl sites for hydroxylation is 1. The number of hydrogen-bond donors (Lipinski definition) is 0. The van der Waals surface area contributed by atoms with Crippen molar-refractivity contribution < 1.29 is 0 Å². The van der Waals surface area contributed by atoms with E-state index in [-0.39, 0.29) is 10.8 Å². The second-order valence-electron chi connectivity index (χ2n) is 12.5. The van der Waals surface area contributed by atoms with Crippen molar-refractivity contribution in [2.24, 2.45) is 0 Å². The lowest BCUT2D eigenvalue weighted by Crippen LogP contribution is -2.12. The molecule has 0 spiro atoms. The zero-order valence-corrected chi connectivity index (χ0v) is 22.3. The summed E-state index contributed by atoms with van der Waals surface area (Å²) < 4.78 is 0. The minimum atomic E-state index is 0.161. The van der Waals surface area contributed by atoms with E-state index in [1.54, 1.807) is 5.56 Å². The molecule has 0 radical (unpaired) electrons. The monoisotopic (exact) mass is 461 g/mol. The molecule has 0 amide bonds. The normalized spacial score (nSPS) is 16.7. The van der Waals surface area contributed by atoms with Gasteiger partial charge < -0.3 is 0 Å². The summed E-state index contributed by atoms with van der Waals surface area (Å²) in [4.78, 5) is 5.20. The highest BCUT2D eigenvalue weighted by atomic mass is 14.7. The fraction of sp³-hybridized carbons (Fsp3) is 0.382. The summed E-state index contributed by atoms with van der Waals surface area (Å²) in [6.45, 7) is 13.7. The third-order valence-corrected chi connectivity index (χ3v) is 7.73. The fourth-order valence-corrected chi connectivity index (χ4v) is 5.39. The van der Waals surface area contributed by atoms with Crippen molar-refractivity contribution in [2.45, 2.75) is 84.0 Å². The van der Waals surface area contributed by atoms with E-state index >= 15 is 0 Å². The maximum Gasteiger partial charge on any atom is 0.0705 e. The van der Waals surface area contributed by atoms with Crippen molar-refractivity contribution in [3.05, 3.63) is 101 Å². The van der Waals surface area contributed by atoms with Crippen molar-refractivity contribution in [3.63, 3.8) is 0 Å². The maximum absolute atomic E-state index is 5.20. The molecule has 1 aliphatic rings. The Morgan fingerprint density at radius 1 is 0.686 bits per heavy atom. The zero-order chi connectivity index (χ0) is 24.8. The van der Waals surface area contributed by atoms with E-state index in [1.165, 1.54) is 58.0 Å². The molecule has 3 aromatic carbocycles. The lowest BCUT2D eigenvalue weighted by Gasteiger charge is -2.21. The van der Waals surface area contributed by atoms with E-state index in [0.29, 0.717) is 5.92 Å². The van der Waals surface area contributed by atoms with Gasteiger partial charge in [0.15, 0.2) is 0 Å². The van der Waals surface area contributed by atoms with Gasteiger partial charge in [0, 0.05) is 17.2 Å². The van der Waals surface area contributed by atoms with Crippen LogP contribution in [0.25, 0.3) is 22.0 Å². The first-order valence-corrected chi connectivity index (χ1v) is 13.2. The van der Waals surface area contributed by atoms with Gasteiger partial charge in [0.2, 0.25) is 0 Å². The van der Waals surface area contributed by atoms with Crippen molar-refractivity contribution in [2.75, 3.05) is 0 Å². The van der Waals surface area contributed by atoms with Crippen LogP contribution in [0.4, 0.5) is 0 Å². The van der Waals surface area contributed by atoms with Crippen LogP contribution in [-0.4, -0.2) is 4.98 Å². The molecule has 5 rings (SSSR count). The van der Waals surface area contributed by atoms with Gasteiger partial charge in [-0.05, 0) is 87.7 Å². The molecule has 0 saturated heterocycles. The number of aromatic nitrogens is 1. The predicted molar refractivity (Wildman–Crippen MR) is 150 cm³/mol. The first kappa shape index (κ1) is 23.8. The summed E-state index contributed by atoms with van der Waals surface area (Å²) in [5.41, 5.74) is 9.75. The van der Waals surface area contributed by atoms with Crippen molar-refractivity contribution in [1.82, 2.24) is 4.98 Å². The number of benzene rings is 3. The summed E-state index contributed by atoms with van der Waals surface area (Å²) in [5, 5.41) is 2.58. The van der Waals surface area contributed by atoms with E-state index in [0.717, 1.165) is 12.1 Å². The smallest absolute Gasteiger partial charge is 0.0705 e. The van der Waals surface area contributed by atoms with Gasteiger partial charge in [-0.1, -0.05) is 96.1 Å².